The van der Waals surface area contributed by atoms with Gasteiger partial charge in [-0.05, 0) is 44.7 Å². The minimum atomic E-state index is -1.53. The molecule has 260 valence electrons. The number of hydrogen-bond donors (Lipinski definition) is 3. The van der Waals surface area contributed by atoms with E-state index >= 15 is 0 Å². The van der Waals surface area contributed by atoms with E-state index in [1.807, 2.05) is 30.3 Å². The molecule has 12 heteroatoms. The molecule has 11 nitrogen and oxygen atoms in total. The Morgan fingerprint density at radius 2 is 1.78 bits per heavy atom. The zero-order valence-electron chi connectivity index (χ0n) is 28.6. The van der Waals surface area contributed by atoms with Crippen molar-refractivity contribution < 1.29 is 38.1 Å². The van der Waals surface area contributed by atoms with Crippen molar-refractivity contribution >= 4 is 34.8 Å². The number of nitrogens with zero attached hydrogens (tertiary/aromatic N) is 2. The van der Waals surface area contributed by atoms with Crippen LogP contribution in [0.1, 0.15) is 54.4 Å². The predicted octanol–water partition coefficient (Wildman–Crippen LogP) is 5.47. The number of amides is 3. The van der Waals surface area contributed by atoms with Crippen LogP contribution >= 0.6 is 0 Å². The van der Waals surface area contributed by atoms with Crippen molar-refractivity contribution in [2.24, 2.45) is 11.3 Å². The van der Waals surface area contributed by atoms with Crippen LogP contribution in [0.3, 0.4) is 0 Å². The van der Waals surface area contributed by atoms with Crippen LogP contribution in [0.5, 0.6) is 5.75 Å². The van der Waals surface area contributed by atoms with Gasteiger partial charge in [0.15, 0.2) is 0 Å². The molecule has 1 aliphatic carbocycles. The van der Waals surface area contributed by atoms with Gasteiger partial charge in [-0.25, -0.2) is 19.0 Å². The summed E-state index contributed by atoms with van der Waals surface area (Å²) in [7, 11) is 0. The molecular weight excluding hydrogens is 631 g/mol. The van der Waals surface area contributed by atoms with Crippen LogP contribution in [0.15, 0.2) is 67.3 Å². The molecular formula is C37H43FN4O7. The van der Waals surface area contributed by atoms with Gasteiger partial charge in [-0.3, -0.25) is 9.59 Å². The highest BCUT2D eigenvalue weighted by atomic mass is 19.1. The number of benzene rings is 2. The van der Waals surface area contributed by atoms with Gasteiger partial charge in [0.25, 0.3) is 0 Å². The molecule has 3 aromatic rings. The molecule has 5 rings (SSSR count). The molecule has 5 atom stereocenters. The first-order chi connectivity index (χ1) is 22.9. The summed E-state index contributed by atoms with van der Waals surface area (Å²) < 4.78 is 26.3. The van der Waals surface area contributed by atoms with Gasteiger partial charge in [0.05, 0.1) is 17.8 Å². The van der Waals surface area contributed by atoms with Crippen LogP contribution in [-0.2, 0) is 19.1 Å². The van der Waals surface area contributed by atoms with Crippen molar-refractivity contribution in [1.82, 2.24) is 20.5 Å². The summed E-state index contributed by atoms with van der Waals surface area (Å²) in [5.41, 5.74) is -1.48. The molecule has 3 amide bonds. The topological polar surface area (TPSA) is 147 Å². The van der Waals surface area contributed by atoms with Crippen LogP contribution in [-0.4, -0.2) is 74.7 Å². The highest BCUT2D eigenvalue weighted by Crippen LogP contribution is 2.45. The maximum absolute atomic E-state index is 14.4. The number of aromatic nitrogens is 1. The van der Waals surface area contributed by atoms with E-state index in [1.54, 1.807) is 53.7 Å². The summed E-state index contributed by atoms with van der Waals surface area (Å²) >= 11 is 0. The average molecular weight is 675 g/mol. The van der Waals surface area contributed by atoms with Gasteiger partial charge in [-0.2, -0.15) is 0 Å². The Labute approximate surface area is 284 Å². The monoisotopic (exact) mass is 674 g/mol. The molecule has 0 bridgehead atoms. The summed E-state index contributed by atoms with van der Waals surface area (Å²) in [5, 5.41) is 15.9. The number of aliphatic carboxylic acids is 1. The third kappa shape index (κ3) is 7.68. The number of carbonyl (C=O) groups is 4. The van der Waals surface area contributed by atoms with Crippen molar-refractivity contribution in [3.05, 3.63) is 73.1 Å². The van der Waals surface area contributed by atoms with Gasteiger partial charge >= 0.3 is 12.1 Å². The smallest absolute Gasteiger partial charge is 0.408 e. The lowest BCUT2D eigenvalue weighted by atomic mass is 9.85. The highest BCUT2D eigenvalue weighted by molar-refractivity contribution is 5.96. The number of pyridine rings is 1. The minimum Gasteiger partial charge on any atom is -0.488 e. The quantitative estimate of drug-likeness (QED) is 0.253. The van der Waals surface area contributed by atoms with Crippen molar-refractivity contribution in [1.29, 1.82) is 0 Å². The second-order valence-electron chi connectivity index (χ2n) is 14.8. The standard InChI is InChI=1S/C37H43FN4O7/c1-8-22-19-37(22,33(45)46)41-31(43)28-17-24(20-42(28)32(44)30(35(2,3)4)40-34(47)49-36(5,6)7)48-29-18-26(21-12-10-9-11-13-21)39-27-16-23(38)14-15-25(27)29/h8-16,18,22,24,28,30H,1,17,19-20H2,2-7H3,(H,40,47)(H,41,43)(H,45,46)/t22-,24+,28-,30+,37?/m0/s1. The lowest BCUT2D eigenvalue weighted by molar-refractivity contribution is -0.146. The lowest BCUT2D eigenvalue weighted by Gasteiger charge is -2.35. The summed E-state index contributed by atoms with van der Waals surface area (Å²) in [4.78, 5) is 59.4. The van der Waals surface area contributed by atoms with Crippen LogP contribution < -0.4 is 15.4 Å². The summed E-state index contributed by atoms with van der Waals surface area (Å²) in [6.45, 7) is 14.1. The zero-order valence-corrected chi connectivity index (χ0v) is 28.6. The summed E-state index contributed by atoms with van der Waals surface area (Å²) in [6, 6.07) is 13.0. The Kier molecular flexibility index (Phi) is 9.46. The number of halogens is 1. The molecule has 1 saturated heterocycles. The minimum absolute atomic E-state index is 0.0149. The number of alkyl carbamates (subject to hydrolysis) is 1. The Hall–Kier alpha value is -5.00. The maximum atomic E-state index is 14.4. The van der Waals surface area contributed by atoms with E-state index in [2.05, 4.69) is 22.2 Å². The molecule has 1 aliphatic heterocycles. The molecule has 0 radical (unpaired) electrons. The third-order valence-electron chi connectivity index (χ3n) is 8.75. The van der Waals surface area contributed by atoms with E-state index < -0.39 is 70.4 Å². The average Bonchev–Trinajstić information content (AvgIpc) is 3.58. The normalized spacial score (nSPS) is 22.6. The molecule has 1 saturated carbocycles. The first-order valence-corrected chi connectivity index (χ1v) is 16.2. The van der Waals surface area contributed by atoms with Gasteiger partial charge in [0.2, 0.25) is 11.8 Å². The number of hydrogen-bond acceptors (Lipinski definition) is 7. The number of fused-ring (bicyclic) bond motifs is 1. The Balaban J connectivity index is 1.50. The zero-order chi connectivity index (χ0) is 35.9. The summed E-state index contributed by atoms with van der Waals surface area (Å²) in [5.74, 6) is -2.99. The van der Waals surface area contributed by atoms with Crippen molar-refractivity contribution in [2.75, 3.05) is 6.54 Å². The molecule has 2 heterocycles. The third-order valence-corrected chi connectivity index (χ3v) is 8.75. The SMILES string of the molecule is C=C[C@H]1CC1(NC(=O)[C@@H]1C[C@@H](Oc2cc(-c3ccccc3)nc3cc(F)ccc23)CN1C(=O)[C@@H](NC(=O)OC(C)(C)C)C(C)(C)C)C(=O)O. The highest BCUT2D eigenvalue weighted by Gasteiger charge is 2.61. The second kappa shape index (κ2) is 13.1. The van der Waals surface area contributed by atoms with Crippen molar-refractivity contribution in [3.63, 3.8) is 0 Å². The largest absolute Gasteiger partial charge is 0.488 e. The summed E-state index contributed by atoms with van der Waals surface area (Å²) in [6.07, 6.45) is 0.136. The predicted molar refractivity (Wildman–Crippen MR) is 181 cm³/mol. The molecule has 1 aromatic heterocycles. The lowest BCUT2D eigenvalue weighted by Crippen LogP contribution is -2.59. The van der Waals surface area contributed by atoms with E-state index in [1.165, 1.54) is 23.1 Å². The van der Waals surface area contributed by atoms with Gasteiger partial charge in [-0.15, -0.1) is 6.58 Å². The Bertz CT molecular complexity index is 1780. The van der Waals surface area contributed by atoms with Crippen LogP contribution in [0.2, 0.25) is 0 Å². The molecule has 1 unspecified atom stereocenters. The first-order valence-electron chi connectivity index (χ1n) is 16.2. The van der Waals surface area contributed by atoms with E-state index in [4.69, 9.17) is 9.47 Å². The molecule has 49 heavy (non-hydrogen) atoms. The molecule has 2 aromatic carbocycles. The fourth-order valence-corrected chi connectivity index (χ4v) is 6.14. The van der Waals surface area contributed by atoms with E-state index in [-0.39, 0.29) is 19.4 Å². The van der Waals surface area contributed by atoms with Gasteiger partial charge < -0.3 is 30.1 Å². The molecule has 2 aliphatic rings. The second-order valence-corrected chi connectivity index (χ2v) is 14.8. The van der Waals surface area contributed by atoms with E-state index in [9.17, 15) is 28.7 Å². The number of carbonyl (C=O) groups excluding carboxylic acids is 3. The number of nitrogens with one attached hydrogen (secondary N) is 2. The Morgan fingerprint density at radius 1 is 1.08 bits per heavy atom. The Morgan fingerprint density at radius 3 is 2.37 bits per heavy atom. The fourth-order valence-electron chi connectivity index (χ4n) is 6.14. The molecule has 0 spiro atoms. The van der Waals surface area contributed by atoms with Crippen LogP contribution in [0.25, 0.3) is 22.2 Å². The first kappa shape index (κ1) is 35.3. The number of rotatable bonds is 9. The van der Waals surface area contributed by atoms with E-state index in [0.29, 0.717) is 22.3 Å². The van der Waals surface area contributed by atoms with Crippen molar-refractivity contribution in [3.8, 4) is 17.0 Å². The van der Waals surface area contributed by atoms with Gasteiger partial charge in [0, 0.05) is 35.4 Å². The van der Waals surface area contributed by atoms with Gasteiger partial charge in [0.1, 0.15) is 40.9 Å². The number of ether oxygens (including phenoxy) is 2. The van der Waals surface area contributed by atoms with Crippen LogP contribution in [0.4, 0.5) is 9.18 Å². The molecule has 3 N–H and O–H groups in total. The fraction of sp³-hybridized carbons (Fsp3) is 0.432. The molecule has 2 fully saturated rings. The van der Waals surface area contributed by atoms with Crippen molar-refractivity contribution in [2.45, 2.75) is 83.7 Å². The maximum Gasteiger partial charge on any atom is 0.408 e. The number of carboxylic acid groups (broad SMARTS) is 1. The number of likely N-dealkylation sites (tertiary alicyclic amines) is 1. The van der Waals surface area contributed by atoms with E-state index in [0.717, 1.165) is 5.56 Å². The van der Waals surface area contributed by atoms with Crippen LogP contribution in [0, 0.1) is 17.2 Å². The number of carboxylic acids is 1. The van der Waals surface area contributed by atoms with Gasteiger partial charge in [-0.1, -0.05) is 57.2 Å².